The fraction of sp³-hybridized carbons (Fsp3) is 0.714. The largest absolute Gasteiger partial charge is 0.473 e. The molecule has 0 unspecified atom stereocenters. The van der Waals surface area contributed by atoms with E-state index >= 15 is 0 Å². The van der Waals surface area contributed by atoms with Gasteiger partial charge in [0.25, 0.3) is 10.1 Å². The summed E-state index contributed by atoms with van der Waals surface area (Å²) in [7, 11) is -3.63. The van der Waals surface area contributed by atoms with Gasteiger partial charge in [0, 0.05) is 0 Å². The average molecular weight is 474 g/mol. The Labute approximate surface area is 156 Å². The Morgan fingerprint density at radius 2 is 1.92 bits per heavy atom. The van der Waals surface area contributed by atoms with Gasteiger partial charge in [0.2, 0.25) is 5.88 Å². The topological polar surface area (TPSA) is 96.7 Å². The van der Waals surface area contributed by atoms with E-state index in [0.29, 0.717) is 15.1 Å². The smallest absolute Gasteiger partial charge is 0.328 e. The predicted molar refractivity (Wildman–Crippen MR) is 96.2 cm³/mol. The SMILES string of the molecule is CC(C)Oc1nn(CC(=O)OC(C)(C)C)c(COS(C)(=O)=O)c1I. The van der Waals surface area contributed by atoms with Gasteiger partial charge in [0.1, 0.15) is 22.3 Å². The molecule has 0 aliphatic heterocycles. The Morgan fingerprint density at radius 3 is 2.38 bits per heavy atom. The van der Waals surface area contributed by atoms with Crippen molar-refractivity contribution in [1.82, 2.24) is 9.78 Å². The molecule has 0 saturated heterocycles. The zero-order valence-corrected chi connectivity index (χ0v) is 17.6. The molecular weight excluding hydrogens is 451 g/mol. The Morgan fingerprint density at radius 1 is 1.33 bits per heavy atom. The number of hydrogen-bond donors (Lipinski definition) is 0. The maximum absolute atomic E-state index is 12.0. The Hall–Kier alpha value is -0.880. The Kier molecular flexibility index (Phi) is 7.05. The summed E-state index contributed by atoms with van der Waals surface area (Å²) in [5.74, 6) is -0.167. The van der Waals surface area contributed by atoms with Crippen LogP contribution >= 0.6 is 22.6 Å². The lowest BCUT2D eigenvalue weighted by atomic mass is 10.2. The van der Waals surface area contributed by atoms with E-state index in [1.807, 2.05) is 36.4 Å². The molecule has 8 nitrogen and oxygen atoms in total. The van der Waals surface area contributed by atoms with E-state index in [-0.39, 0.29) is 19.3 Å². The van der Waals surface area contributed by atoms with Crippen LogP contribution in [0.4, 0.5) is 0 Å². The van der Waals surface area contributed by atoms with Crippen molar-refractivity contribution in [2.75, 3.05) is 6.26 Å². The van der Waals surface area contributed by atoms with Gasteiger partial charge in [-0.2, -0.15) is 8.42 Å². The van der Waals surface area contributed by atoms with Crippen molar-refractivity contribution in [2.24, 2.45) is 0 Å². The molecule has 0 aromatic carbocycles. The average Bonchev–Trinajstić information content (AvgIpc) is 2.59. The molecule has 0 radical (unpaired) electrons. The highest BCUT2D eigenvalue weighted by atomic mass is 127. The zero-order valence-electron chi connectivity index (χ0n) is 14.6. The second-order valence-corrected chi connectivity index (χ2v) is 9.17. The molecule has 1 aromatic rings. The highest BCUT2D eigenvalue weighted by Crippen LogP contribution is 2.26. The van der Waals surface area contributed by atoms with Gasteiger partial charge in [0.05, 0.1) is 18.1 Å². The van der Waals surface area contributed by atoms with Crippen LogP contribution in [-0.2, 0) is 37.0 Å². The molecule has 1 aromatic heterocycles. The summed E-state index contributed by atoms with van der Waals surface area (Å²) in [6, 6.07) is 0. The van der Waals surface area contributed by atoms with Crippen molar-refractivity contribution in [3.8, 4) is 5.88 Å². The molecule has 0 bridgehead atoms. The van der Waals surface area contributed by atoms with Gasteiger partial charge in [-0.25, -0.2) is 0 Å². The second kappa shape index (κ2) is 8.00. The van der Waals surface area contributed by atoms with Gasteiger partial charge in [0.15, 0.2) is 0 Å². The van der Waals surface area contributed by atoms with Crippen LogP contribution in [-0.4, -0.2) is 42.1 Å². The fourth-order valence-electron chi connectivity index (χ4n) is 1.68. The first-order valence-corrected chi connectivity index (χ1v) is 10.2. The van der Waals surface area contributed by atoms with Crippen LogP contribution in [0.15, 0.2) is 0 Å². The maximum atomic E-state index is 12.0. The number of hydrogen-bond acceptors (Lipinski definition) is 7. The third-order valence-corrected chi connectivity index (χ3v) is 4.05. The highest BCUT2D eigenvalue weighted by molar-refractivity contribution is 14.1. The number of nitrogens with zero attached hydrogens (tertiary/aromatic N) is 2. The fourth-order valence-corrected chi connectivity index (χ4v) is 2.67. The van der Waals surface area contributed by atoms with Crippen LogP contribution in [0.3, 0.4) is 0 Å². The predicted octanol–water partition coefficient (Wildman–Crippen LogP) is 2.09. The summed E-state index contributed by atoms with van der Waals surface area (Å²) in [4.78, 5) is 12.0. The van der Waals surface area contributed by atoms with E-state index in [9.17, 15) is 13.2 Å². The van der Waals surface area contributed by atoms with Crippen molar-refractivity contribution in [1.29, 1.82) is 0 Å². The number of ether oxygens (including phenoxy) is 2. The van der Waals surface area contributed by atoms with E-state index in [0.717, 1.165) is 6.26 Å². The molecule has 0 fully saturated rings. The molecular formula is C14H23IN2O6S. The van der Waals surface area contributed by atoms with Crippen LogP contribution in [0.25, 0.3) is 0 Å². The van der Waals surface area contributed by atoms with Crippen LogP contribution in [0.1, 0.15) is 40.3 Å². The van der Waals surface area contributed by atoms with Gasteiger partial charge in [-0.3, -0.25) is 13.7 Å². The summed E-state index contributed by atoms with van der Waals surface area (Å²) < 4.78 is 40.1. The molecule has 0 aliphatic rings. The molecule has 0 aliphatic carbocycles. The van der Waals surface area contributed by atoms with Crippen molar-refractivity contribution < 1.29 is 26.9 Å². The van der Waals surface area contributed by atoms with Crippen LogP contribution in [0, 0.1) is 3.57 Å². The molecule has 1 rings (SSSR count). The van der Waals surface area contributed by atoms with Crippen molar-refractivity contribution in [3.05, 3.63) is 9.26 Å². The van der Waals surface area contributed by atoms with Gasteiger partial charge in [-0.1, -0.05) is 0 Å². The number of esters is 1. The van der Waals surface area contributed by atoms with E-state index in [4.69, 9.17) is 13.7 Å². The first-order chi connectivity index (χ1) is 10.8. The van der Waals surface area contributed by atoms with Crippen molar-refractivity contribution in [3.63, 3.8) is 0 Å². The van der Waals surface area contributed by atoms with Crippen LogP contribution in [0.2, 0.25) is 0 Å². The monoisotopic (exact) mass is 474 g/mol. The number of carbonyl (C=O) groups is 1. The van der Waals surface area contributed by atoms with E-state index in [1.54, 1.807) is 20.8 Å². The van der Waals surface area contributed by atoms with Gasteiger partial charge >= 0.3 is 5.97 Å². The summed E-state index contributed by atoms with van der Waals surface area (Å²) in [6.07, 6.45) is 0.840. The molecule has 1 heterocycles. The highest BCUT2D eigenvalue weighted by Gasteiger charge is 2.23. The quantitative estimate of drug-likeness (QED) is 0.339. The summed E-state index contributed by atoms with van der Waals surface area (Å²) >= 11 is 1.99. The standard InChI is InChI=1S/C14H23IN2O6S/c1-9(2)22-13-12(15)10(8-21-24(6,19)20)17(16-13)7-11(18)23-14(3,4)5/h9H,7-8H2,1-6H3. The number of carbonyl (C=O) groups excluding carboxylic acids is 1. The Bertz CT molecular complexity index is 691. The van der Waals surface area contributed by atoms with Crippen molar-refractivity contribution in [2.45, 2.75) is 59.5 Å². The lowest BCUT2D eigenvalue weighted by Gasteiger charge is -2.19. The summed E-state index contributed by atoms with van der Waals surface area (Å²) in [5.41, 5.74) is -0.194. The van der Waals surface area contributed by atoms with E-state index < -0.39 is 21.7 Å². The number of rotatable bonds is 7. The first kappa shape index (κ1) is 21.2. The summed E-state index contributed by atoms with van der Waals surface area (Å²) in [5, 5.41) is 4.23. The molecule has 0 atom stereocenters. The molecule has 24 heavy (non-hydrogen) atoms. The van der Waals surface area contributed by atoms with E-state index in [1.165, 1.54) is 4.68 Å². The number of aromatic nitrogens is 2. The lowest BCUT2D eigenvalue weighted by Crippen LogP contribution is -2.27. The molecule has 10 heteroatoms. The first-order valence-electron chi connectivity index (χ1n) is 7.26. The maximum Gasteiger partial charge on any atom is 0.328 e. The molecule has 138 valence electrons. The van der Waals surface area contributed by atoms with Gasteiger partial charge in [-0.15, -0.1) is 5.10 Å². The van der Waals surface area contributed by atoms with Gasteiger partial charge < -0.3 is 9.47 Å². The Balaban J connectivity index is 3.08. The third-order valence-electron chi connectivity index (χ3n) is 2.42. The molecule has 0 N–H and O–H groups in total. The normalized spacial score (nSPS) is 12.5. The van der Waals surface area contributed by atoms with Gasteiger partial charge in [-0.05, 0) is 57.2 Å². The third kappa shape index (κ3) is 7.34. The minimum absolute atomic E-state index is 0.118. The lowest BCUT2D eigenvalue weighted by molar-refractivity contribution is -0.155. The van der Waals surface area contributed by atoms with Crippen LogP contribution < -0.4 is 4.74 Å². The molecule has 0 amide bonds. The van der Waals surface area contributed by atoms with Crippen molar-refractivity contribution >= 4 is 38.7 Å². The number of halogens is 1. The minimum atomic E-state index is -3.63. The van der Waals surface area contributed by atoms with Crippen LogP contribution in [0.5, 0.6) is 5.88 Å². The van der Waals surface area contributed by atoms with E-state index in [2.05, 4.69) is 5.10 Å². The zero-order chi connectivity index (χ0) is 18.7. The second-order valence-electron chi connectivity index (χ2n) is 6.44. The minimum Gasteiger partial charge on any atom is -0.473 e. The summed E-state index contributed by atoms with van der Waals surface area (Å²) in [6.45, 7) is 8.56. The molecule has 0 spiro atoms. The molecule has 0 saturated carbocycles.